The molecule has 1 saturated heterocycles. The molecule has 2 aliphatic rings. The summed E-state index contributed by atoms with van der Waals surface area (Å²) in [5, 5.41) is 4.24. The molecular formula is C14H18N2O3. The van der Waals surface area contributed by atoms with Gasteiger partial charge in [-0.05, 0) is 51.5 Å². The molecule has 2 heterocycles. The van der Waals surface area contributed by atoms with Gasteiger partial charge in [-0.3, -0.25) is 4.79 Å². The Morgan fingerprint density at radius 2 is 1.79 bits per heavy atom. The molecule has 19 heavy (non-hydrogen) atoms. The summed E-state index contributed by atoms with van der Waals surface area (Å²) in [6.07, 6.45) is 0. The summed E-state index contributed by atoms with van der Waals surface area (Å²) in [5.74, 6) is -0.0227. The minimum absolute atomic E-state index is 0.0227. The first-order chi connectivity index (χ1) is 8.80. The minimum Gasteiger partial charge on any atom is -0.348 e. The van der Waals surface area contributed by atoms with Crippen LogP contribution in [-0.2, 0) is 16.2 Å². The molecule has 0 atom stereocenters. The highest BCUT2D eigenvalue weighted by molar-refractivity contribution is 5.98. The molecule has 1 aromatic carbocycles. The van der Waals surface area contributed by atoms with E-state index >= 15 is 0 Å². The van der Waals surface area contributed by atoms with Gasteiger partial charge in [0.05, 0.1) is 5.69 Å². The van der Waals surface area contributed by atoms with Crippen LogP contribution in [0.1, 0.15) is 43.6 Å². The molecule has 5 nitrogen and oxygen atoms in total. The zero-order chi connectivity index (χ0) is 13.8. The van der Waals surface area contributed by atoms with Crippen LogP contribution >= 0.6 is 0 Å². The Hall–Kier alpha value is -1.59. The van der Waals surface area contributed by atoms with Gasteiger partial charge in [-0.1, -0.05) is 0 Å². The Kier molecular flexibility index (Phi) is 2.43. The molecule has 1 aromatic rings. The number of carbonyl (C=O) groups is 1. The third kappa shape index (κ3) is 1.81. The lowest BCUT2D eigenvalue weighted by molar-refractivity contribution is -0.0273. The van der Waals surface area contributed by atoms with Crippen LogP contribution in [-0.4, -0.2) is 17.1 Å². The largest absolute Gasteiger partial charge is 0.348 e. The molecule has 1 amide bonds. The van der Waals surface area contributed by atoms with Gasteiger partial charge in [0.1, 0.15) is 11.2 Å². The first-order valence-electron chi connectivity index (χ1n) is 6.40. The van der Waals surface area contributed by atoms with Crippen molar-refractivity contribution in [3.8, 4) is 0 Å². The number of rotatable bonds is 1. The third-order valence-corrected chi connectivity index (χ3v) is 4.06. The molecule has 1 N–H and O–H groups in total. The lowest BCUT2D eigenvalue weighted by atomic mass is 9.90. The van der Waals surface area contributed by atoms with E-state index in [1.807, 2.05) is 39.8 Å². The highest BCUT2D eigenvalue weighted by Gasteiger charge is 2.50. The second kappa shape index (κ2) is 3.71. The number of hydrogen-bond donors (Lipinski definition) is 1. The predicted molar refractivity (Wildman–Crippen MR) is 70.4 cm³/mol. The maximum Gasteiger partial charge on any atom is 0.251 e. The Morgan fingerprint density at radius 1 is 1.16 bits per heavy atom. The number of fused-ring (bicyclic) bond motifs is 1. The lowest BCUT2D eigenvalue weighted by Crippen LogP contribution is -2.41. The molecule has 0 radical (unpaired) electrons. The SMILES string of the molecule is CC1(C)ON(c2ccc3c(c2)CNC3=O)OC1(C)C. The van der Waals surface area contributed by atoms with Crippen molar-refractivity contribution in [2.24, 2.45) is 0 Å². The fraction of sp³-hybridized carbons (Fsp3) is 0.500. The van der Waals surface area contributed by atoms with Gasteiger partial charge >= 0.3 is 0 Å². The van der Waals surface area contributed by atoms with Crippen LogP contribution in [0, 0.1) is 0 Å². The molecule has 1 fully saturated rings. The molecule has 0 aromatic heterocycles. The molecule has 0 aliphatic carbocycles. The molecular weight excluding hydrogens is 244 g/mol. The highest BCUT2D eigenvalue weighted by atomic mass is 17.0. The van der Waals surface area contributed by atoms with Crippen molar-refractivity contribution in [1.29, 1.82) is 0 Å². The summed E-state index contributed by atoms with van der Waals surface area (Å²) in [6.45, 7) is 8.52. The number of anilines is 1. The van der Waals surface area contributed by atoms with E-state index < -0.39 is 11.2 Å². The Bertz CT molecular complexity index is 536. The van der Waals surface area contributed by atoms with Crippen molar-refractivity contribution < 1.29 is 14.5 Å². The summed E-state index contributed by atoms with van der Waals surface area (Å²) in [7, 11) is 0. The van der Waals surface area contributed by atoms with E-state index in [1.165, 1.54) is 5.23 Å². The van der Waals surface area contributed by atoms with E-state index in [2.05, 4.69) is 5.32 Å². The van der Waals surface area contributed by atoms with E-state index in [0.717, 1.165) is 16.8 Å². The van der Waals surface area contributed by atoms with E-state index in [9.17, 15) is 4.79 Å². The van der Waals surface area contributed by atoms with Crippen molar-refractivity contribution in [3.63, 3.8) is 0 Å². The lowest BCUT2D eigenvalue weighted by Gasteiger charge is -2.26. The predicted octanol–water partition coefficient (Wildman–Crippen LogP) is 2.17. The van der Waals surface area contributed by atoms with Gasteiger partial charge in [-0.15, -0.1) is 5.23 Å². The smallest absolute Gasteiger partial charge is 0.251 e. The second-order valence-electron chi connectivity index (χ2n) is 5.98. The summed E-state index contributed by atoms with van der Waals surface area (Å²) in [6, 6.07) is 5.56. The number of carbonyl (C=O) groups excluding carboxylic acids is 1. The monoisotopic (exact) mass is 262 g/mol. The number of benzene rings is 1. The molecule has 3 rings (SSSR count). The third-order valence-electron chi connectivity index (χ3n) is 4.06. The molecule has 0 bridgehead atoms. The van der Waals surface area contributed by atoms with Crippen LogP contribution < -0.4 is 10.5 Å². The van der Waals surface area contributed by atoms with Crippen LogP contribution in [0.2, 0.25) is 0 Å². The number of hydrogen-bond acceptors (Lipinski definition) is 4. The van der Waals surface area contributed by atoms with Crippen molar-refractivity contribution in [3.05, 3.63) is 29.3 Å². The molecule has 102 valence electrons. The van der Waals surface area contributed by atoms with Crippen LogP contribution in [0.15, 0.2) is 18.2 Å². The van der Waals surface area contributed by atoms with E-state index in [0.29, 0.717) is 6.54 Å². The summed E-state index contributed by atoms with van der Waals surface area (Å²) < 4.78 is 0. The molecule has 0 unspecified atom stereocenters. The first-order valence-corrected chi connectivity index (χ1v) is 6.40. The molecule has 0 saturated carbocycles. The zero-order valence-electron chi connectivity index (χ0n) is 11.6. The fourth-order valence-corrected chi connectivity index (χ4v) is 2.09. The minimum atomic E-state index is -0.417. The molecule has 5 heteroatoms. The van der Waals surface area contributed by atoms with E-state index in [-0.39, 0.29) is 5.91 Å². The van der Waals surface area contributed by atoms with Crippen molar-refractivity contribution in [1.82, 2.24) is 5.32 Å². The Labute approximate surface area is 112 Å². The number of nitrogens with zero attached hydrogens (tertiary/aromatic N) is 1. The maximum absolute atomic E-state index is 11.5. The van der Waals surface area contributed by atoms with Crippen molar-refractivity contribution >= 4 is 11.6 Å². The Morgan fingerprint density at radius 3 is 2.42 bits per heavy atom. The van der Waals surface area contributed by atoms with Crippen LogP contribution in [0.3, 0.4) is 0 Å². The summed E-state index contributed by atoms with van der Waals surface area (Å²) in [4.78, 5) is 23.2. The van der Waals surface area contributed by atoms with E-state index in [4.69, 9.17) is 9.68 Å². The number of nitrogens with one attached hydrogen (secondary N) is 1. The maximum atomic E-state index is 11.5. The van der Waals surface area contributed by atoms with Gasteiger partial charge in [-0.2, -0.15) is 0 Å². The van der Waals surface area contributed by atoms with Gasteiger partial charge in [0, 0.05) is 12.1 Å². The van der Waals surface area contributed by atoms with E-state index in [1.54, 1.807) is 6.07 Å². The Balaban J connectivity index is 1.91. The number of amides is 1. The van der Waals surface area contributed by atoms with Gasteiger partial charge in [0.25, 0.3) is 5.91 Å². The van der Waals surface area contributed by atoms with Gasteiger partial charge in [0.2, 0.25) is 0 Å². The van der Waals surface area contributed by atoms with Crippen LogP contribution in [0.25, 0.3) is 0 Å². The van der Waals surface area contributed by atoms with Gasteiger partial charge in [0.15, 0.2) is 0 Å². The first kappa shape index (κ1) is 12.4. The topological polar surface area (TPSA) is 50.8 Å². The summed E-state index contributed by atoms with van der Waals surface area (Å²) in [5.41, 5.74) is 1.66. The standard InChI is InChI=1S/C14H18N2O3/c1-13(2)14(3,4)19-16(18-13)10-5-6-11-9(7-10)8-15-12(11)17/h5-7H,8H2,1-4H3,(H,15,17). The summed E-state index contributed by atoms with van der Waals surface area (Å²) >= 11 is 0. The highest BCUT2D eigenvalue weighted by Crippen LogP contribution is 2.40. The fourth-order valence-electron chi connectivity index (χ4n) is 2.09. The van der Waals surface area contributed by atoms with Crippen LogP contribution in [0.5, 0.6) is 0 Å². The second-order valence-corrected chi connectivity index (χ2v) is 5.98. The van der Waals surface area contributed by atoms with Gasteiger partial charge in [-0.25, -0.2) is 9.68 Å². The zero-order valence-corrected chi connectivity index (χ0v) is 11.6. The molecule has 2 aliphatic heterocycles. The van der Waals surface area contributed by atoms with Crippen molar-refractivity contribution in [2.75, 3.05) is 5.23 Å². The van der Waals surface area contributed by atoms with Gasteiger partial charge < -0.3 is 5.32 Å². The normalized spacial score (nSPS) is 23.4. The van der Waals surface area contributed by atoms with Crippen LogP contribution in [0.4, 0.5) is 5.69 Å². The van der Waals surface area contributed by atoms with Crippen molar-refractivity contribution in [2.45, 2.75) is 45.4 Å². The average Bonchev–Trinajstić information content (AvgIpc) is 2.78. The average molecular weight is 262 g/mol. The quantitative estimate of drug-likeness (QED) is 0.842. The molecule has 0 spiro atoms.